The van der Waals surface area contributed by atoms with Gasteiger partial charge in [0.1, 0.15) is 6.04 Å². The number of anilines is 1. The Kier molecular flexibility index (Phi) is 7.69. The van der Waals surface area contributed by atoms with Gasteiger partial charge in [0.25, 0.3) is 5.91 Å². The number of hydrogen-bond donors (Lipinski definition) is 0. The molecule has 0 saturated carbocycles. The summed E-state index contributed by atoms with van der Waals surface area (Å²) in [5, 5.41) is 0. The molecule has 1 aliphatic rings. The van der Waals surface area contributed by atoms with Crippen molar-refractivity contribution in [1.82, 2.24) is 4.31 Å². The van der Waals surface area contributed by atoms with Crippen LogP contribution >= 0.6 is 0 Å². The largest absolute Gasteiger partial charge is 0.354 e. The van der Waals surface area contributed by atoms with Crippen LogP contribution in [0.1, 0.15) is 37.3 Å². The summed E-state index contributed by atoms with van der Waals surface area (Å²) < 4.78 is 38.5. The molecule has 9 heteroatoms. The summed E-state index contributed by atoms with van der Waals surface area (Å²) in [7, 11) is -1.35. The Morgan fingerprint density at radius 2 is 1.58 bits per heavy atom. The van der Waals surface area contributed by atoms with Crippen molar-refractivity contribution in [1.29, 1.82) is 0 Å². The van der Waals surface area contributed by atoms with E-state index in [1.165, 1.54) is 26.4 Å². The highest BCUT2D eigenvalue weighted by molar-refractivity contribution is 7.89. The Bertz CT molecular complexity index is 1090. The molecule has 1 fully saturated rings. The van der Waals surface area contributed by atoms with Crippen LogP contribution in [-0.2, 0) is 29.1 Å². The number of ether oxygens (including phenoxy) is 2. The topological polar surface area (TPSA) is 93.2 Å². The maximum Gasteiger partial charge on any atom is 0.252 e. The van der Waals surface area contributed by atoms with Gasteiger partial charge < -0.3 is 9.47 Å². The van der Waals surface area contributed by atoms with Crippen LogP contribution in [0.25, 0.3) is 0 Å². The zero-order valence-corrected chi connectivity index (χ0v) is 20.3. The molecule has 2 amide bonds. The molecule has 1 unspecified atom stereocenters. The van der Waals surface area contributed by atoms with Crippen molar-refractivity contribution in [3.63, 3.8) is 0 Å². The standard InChI is InChI=1S/C24H30N2O6S/c1-16(2)18-8-10-19(11-9-18)26-22(27)14-21(24(26)28)25(15-23(31-4)32-5)33(29,30)20-12-6-17(3)7-13-20/h6-13,16,21,23H,14-15H2,1-5H3. The Balaban J connectivity index is 1.99. The number of nitrogens with zero attached hydrogens (tertiary/aromatic N) is 2. The number of amides is 2. The second kappa shape index (κ2) is 10.1. The van der Waals surface area contributed by atoms with E-state index in [1.54, 1.807) is 24.3 Å². The SMILES string of the molecule is COC(CN(C1CC(=O)N(c2ccc(C(C)C)cc2)C1=O)S(=O)(=O)c1ccc(C)cc1)OC. The molecule has 0 bridgehead atoms. The average molecular weight is 475 g/mol. The van der Waals surface area contributed by atoms with Gasteiger partial charge in [-0.25, -0.2) is 13.3 Å². The Morgan fingerprint density at radius 1 is 1.00 bits per heavy atom. The number of carbonyl (C=O) groups is 2. The van der Waals surface area contributed by atoms with E-state index in [-0.39, 0.29) is 17.9 Å². The molecule has 1 heterocycles. The van der Waals surface area contributed by atoms with Crippen molar-refractivity contribution in [3.05, 3.63) is 59.7 Å². The van der Waals surface area contributed by atoms with E-state index in [4.69, 9.17) is 9.47 Å². The van der Waals surface area contributed by atoms with Gasteiger partial charge in [0.15, 0.2) is 6.29 Å². The Morgan fingerprint density at radius 3 is 2.09 bits per heavy atom. The second-order valence-electron chi connectivity index (χ2n) is 8.32. The lowest BCUT2D eigenvalue weighted by molar-refractivity contribution is -0.125. The van der Waals surface area contributed by atoms with Crippen LogP contribution < -0.4 is 4.90 Å². The molecule has 178 valence electrons. The van der Waals surface area contributed by atoms with Gasteiger partial charge in [0.2, 0.25) is 15.9 Å². The van der Waals surface area contributed by atoms with E-state index in [0.29, 0.717) is 11.6 Å². The van der Waals surface area contributed by atoms with Crippen LogP contribution in [0.3, 0.4) is 0 Å². The summed E-state index contributed by atoms with van der Waals surface area (Å²) in [6.45, 7) is 5.70. The second-order valence-corrected chi connectivity index (χ2v) is 10.2. The lowest BCUT2D eigenvalue weighted by Gasteiger charge is -2.29. The number of methoxy groups -OCH3 is 2. The van der Waals surface area contributed by atoms with Crippen LogP contribution in [0.15, 0.2) is 53.4 Å². The van der Waals surface area contributed by atoms with Gasteiger partial charge in [-0.1, -0.05) is 43.7 Å². The van der Waals surface area contributed by atoms with E-state index in [9.17, 15) is 18.0 Å². The van der Waals surface area contributed by atoms with Gasteiger partial charge >= 0.3 is 0 Å². The van der Waals surface area contributed by atoms with Crippen molar-refractivity contribution in [2.75, 3.05) is 25.7 Å². The molecule has 33 heavy (non-hydrogen) atoms. The van der Waals surface area contributed by atoms with Crippen LogP contribution in [0.5, 0.6) is 0 Å². The molecule has 0 N–H and O–H groups in total. The van der Waals surface area contributed by atoms with E-state index >= 15 is 0 Å². The molecule has 0 aromatic heterocycles. The minimum absolute atomic E-state index is 0.0269. The number of hydrogen-bond acceptors (Lipinski definition) is 6. The number of aryl methyl sites for hydroxylation is 1. The third-order valence-electron chi connectivity index (χ3n) is 5.77. The Labute approximate surface area is 195 Å². The first-order valence-corrected chi connectivity index (χ1v) is 12.1. The third-order valence-corrected chi connectivity index (χ3v) is 7.66. The highest BCUT2D eigenvalue weighted by Crippen LogP contribution is 2.30. The van der Waals surface area contributed by atoms with Gasteiger partial charge in [-0.15, -0.1) is 0 Å². The number of benzene rings is 2. The average Bonchev–Trinajstić information content (AvgIpc) is 3.08. The van der Waals surface area contributed by atoms with Gasteiger partial charge in [0, 0.05) is 14.2 Å². The molecule has 0 radical (unpaired) electrons. The fourth-order valence-corrected chi connectivity index (χ4v) is 5.32. The van der Waals surface area contributed by atoms with Crippen molar-refractivity contribution < 1.29 is 27.5 Å². The van der Waals surface area contributed by atoms with E-state index in [0.717, 1.165) is 20.3 Å². The first-order chi connectivity index (χ1) is 15.6. The van der Waals surface area contributed by atoms with Crippen LogP contribution in [0.4, 0.5) is 5.69 Å². The van der Waals surface area contributed by atoms with Gasteiger partial charge in [-0.3, -0.25) is 9.59 Å². The number of rotatable bonds is 9. The molecule has 1 aliphatic heterocycles. The quantitative estimate of drug-likeness (QED) is 0.410. The molecule has 3 rings (SSSR count). The zero-order chi connectivity index (χ0) is 24.3. The summed E-state index contributed by atoms with van der Waals surface area (Å²) >= 11 is 0. The fraction of sp³-hybridized carbons (Fsp3) is 0.417. The predicted molar refractivity (Wildman–Crippen MR) is 124 cm³/mol. The molecule has 1 atom stereocenters. The molecule has 8 nitrogen and oxygen atoms in total. The van der Waals surface area contributed by atoms with Gasteiger partial charge in [-0.2, -0.15) is 4.31 Å². The number of carbonyl (C=O) groups excluding carboxylic acids is 2. The third kappa shape index (κ3) is 5.16. The molecule has 1 saturated heterocycles. The van der Waals surface area contributed by atoms with Crippen LogP contribution in [0, 0.1) is 6.92 Å². The number of imide groups is 1. The predicted octanol–water partition coefficient (Wildman–Crippen LogP) is 3.06. The maximum absolute atomic E-state index is 13.5. The van der Waals surface area contributed by atoms with Crippen molar-refractivity contribution in [2.24, 2.45) is 0 Å². The van der Waals surface area contributed by atoms with E-state index in [1.807, 2.05) is 32.9 Å². The summed E-state index contributed by atoms with van der Waals surface area (Å²) in [5.41, 5.74) is 2.39. The smallest absolute Gasteiger partial charge is 0.252 e. The highest BCUT2D eigenvalue weighted by atomic mass is 32.2. The lowest BCUT2D eigenvalue weighted by atomic mass is 10.0. The monoisotopic (exact) mass is 474 g/mol. The van der Waals surface area contributed by atoms with Crippen molar-refractivity contribution >= 4 is 27.5 Å². The summed E-state index contributed by atoms with van der Waals surface area (Å²) in [6, 6.07) is 12.3. The summed E-state index contributed by atoms with van der Waals surface area (Å²) in [5.74, 6) is -0.760. The molecule has 2 aromatic carbocycles. The summed E-state index contributed by atoms with van der Waals surface area (Å²) in [6.07, 6.45) is -1.18. The summed E-state index contributed by atoms with van der Waals surface area (Å²) in [4.78, 5) is 27.3. The number of sulfonamides is 1. The van der Waals surface area contributed by atoms with E-state index < -0.39 is 34.2 Å². The van der Waals surface area contributed by atoms with Crippen LogP contribution in [0.2, 0.25) is 0 Å². The van der Waals surface area contributed by atoms with Gasteiger partial charge in [0.05, 0.1) is 23.5 Å². The van der Waals surface area contributed by atoms with Crippen LogP contribution in [-0.4, -0.2) is 57.6 Å². The minimum atomic E-state index is -4.12. The van der Waals surface area contributed by atoms with E-state index in [2.05, 4.69) is 0 Å². The molecule has 0 aliphatic carbocycles. The van der Waals surface area contributed by atoms with Crippen molar-refractivity contribution in [2.45, 2.75) is 50.3 Å². The zero-order valence-electron chi connectivity index (χ0n) is 19.5. The van der Waals surface area contributed by atoms with Gasteiger partial charge in [-0.05, 0) is 42.7 Å². The normalized spacial score (nSPS) is 17.1. The molecule has 2 aromatic rings. The molecular formula is C24H30N2O6S. The maximum atomic E-state index is 13.5. The minimum Gasteiger partial charge on any atom is -0.354 e. The molecular weight excluding hydrogens is 444 g/mol. The molecule has 0 spiro atoms. The van der Waals surface area contributed by atoms with Crippen molar-refractivity contribution in [3.8, 4) is 0 Å². The Hall–Kier alpha value is -2.59. The first kappa shape index (κ1) is 25.0. The fourth-order valence-electron chi connectivity index (χ4n) is 3.75. The lowest BCUT2D eigenvalue weighted by Crippen LogP contribution is -2.49. The highest BCUT2D eigenvalue weighted by Gasteiger charge is 2.47. The first-order valence-electron chi connectivity index (χ1n) is 10.7.